The predicted molar refractivity (Wildman–Crippen MR) is 144 cm³/mol. The van der Waals surface area contributed by atoms with Gasteiger partial charge in [0.15, 0.2) is 0 Å². The Morgan fingerprint density at radius 1 is 0.500 bits per heavy atom. The monoisotopic (exact) mass is 488 g/mol. The number of hydrogen-bond acceptors (Lipinski definition) is 8. The Labute approximate surface area is 209 Å². The number of rotatable bonds is 13. The fraction of sp³-hybridized carbons (Fsp3) is 0.231. The maximum absolute atomic E-state index is 4.55. The molecule has 0 radical (unpaired) electrons. The highest BCUT2D eigenvalue weighted by atomic mass is 33.1. The average molecular weight is 489 g/mol. The number of pyridine rings is 4. The van der Waals surface area contributed by atoms with E-state index in [2.05, 4.69) is 54.0 Å². The smallest absolute Gasteiger partial charge is 0.128 e. The molecule has 34 heavy (non-hydrogen) atoms. The summed E-state index contributed by atoms with van der Waals surface area (Å²) in [4.78, 5) is 22.6. The average Bonchev–Trinajstić information content (AvgIpc) is 2.91. The van der Waals surface area contributed by atoms with Crippen molar-refractivity contribution in [3.63, 3.8) is 0 Å². The first-order valence-corrected chi connectivity index (χ1v) is 13.7. The van der Waals surface area contributed by atoms with Crippen LogP contribution in [0.2, 0.25) is 0 Å². The minimum Gasteiger partial charge on any atom is -0.350 e. The van der Waals surface area contributed by atoms with Gasteiger partial charge in [-0.05, 0) is 48.5 Å². The summed E-state index contributed by atoms with van der Waals surface area (Å²) in [6.07, 6.45) is 7.37. The van der Waals surface area contributed by atoms with Gasteiger partial charge in [-0.3, -0.25) is 9.97 Å². The van der Waals surface area contributed by atoms with Crippen LogP contribution in [-0.4, -0.2) is 44.5 Å². The molecule has 0 amide bonds. The first-order valence-electron chi connectivity index (χ1n) is 11.2. The van der Waals surface area contributed by atoms with Gasteiger partial charge in [0.05, 0.1) is 24.5 Å². The Balaban J connectivity index is 1.27. The number of anilines is 2. The molecule has 0 N–H and O–H groups in total. The molecule has 4 aromatic rings. The van der Waals surface area contributed by atoms with Crippen LogP contribution < -0.4 is 9.80 Å². The van der Waals surface area contributed by atoms with E-state index >= 15 is 0 Å². The standard InChI is InChI=1S/C26H28N6S2/c1-5-13-27-23(9-1)21-31(25-11-3-7-15-29-25)17-19-33-34-20-18-32(26-12-4-8-16-30-26)22-24-10-2-6-14-28-24/h1-16H,17-22H2. The summed E-state index contributed by atoms with van der Waals surface area (Å²) in [6, 6.07) is 24.2. The molecular weight excluding hydrogens is 460 g/mol. The summed E-state index contributed by atoms with van der Waals surface area (Å²) in [5.41, 5.74) is 2.10. The van der Waals surface area contributed by atoms with Gasteiger partial charge in [0.25, 0.3) is 0 Å². The zero-order chi connectivity index (χ0) is 23.3. The van der Waals surface area contributed by atoms with Crippen LogP contribution in [0.4, 0.5) is 11.6 Å². The molecule has 0 aliphatic rings. The van der Waals surface area contributed by atoms with Crippen LogP contribution in [0.5, 0.6) is 0 Å². The van der Waals surface area contributed by atoms with E-state index in [0.29, 0.717) is 0 Å². The van der Waals surface area contributed by atoms with Crippen LogP contribution in [0.25, 0.3) is 0 Å². The molecule has 0 fully saturated rings. The Bertz CT molecular complexity index is 982. The summed E-state index contributed by atoms with van der Waals surface area (Å²) in [5.74, 6) is 3.96. The third-order valence-corrected chi connectivity index (χ3v) is 7.44. The zero-order valence-corrected chi connectivity index (χ0v) is 20.6. The van der Waals surface area contributed by atoms with Crippen molar-refractivity contribution in [2.75, 3.05) is 34.4 Å². The minimum absolute atomic E-state index is 0.751. The summed E-state index contributed by atoms with van der Waals surface area (Å²) >= 11 is 0. The lowest BCUT2D eigenvalue weighted by atomic mass is 10.3. The van der Waals surface area contributed by atoms with E-state index in [9.17, 15) is 0 Å². The summed E-state index contributed by atoms with van der Waals surface area (Å²) in [6.45, 7) is 3.31. The molecule has 0 saturated heterocycles. The van der Waals surface area contributed by atoms with E-state index in [1.165, 1.54) is 0 Å². The second kappa shape index (κ2) is 13.6. The molecule has 0 aromatic carbocycles. The number of aromatic nitrogens is 4. The minimum atomic E-state index is 0.751. The number of hydrogen-bond donors (Lipinski definition) is 0. The van der Waals surface area contributed by atoms with Gasteiger partial charge < -0.3 is 9.80 Å². The van der Waals surface area contributed by atoms with Crippen molar-refractivity contribution in [3.05, 3.63) is 109 Å². The molecule has 4 heterocycles. The molecule has 4 rings (SSSR count). The zero-order valence-electron chi connectivity index (χ0n) is 19.0. The Morgan fingerprint density at radius 2 is 0.912 bits per heavy atom. The van der Waals surface area contributed by atoms with E-state index < -0.39 is 0 Å². The second-order valence-electron chi connectivity index (χ2n) is 7.51. The Hall–Kier alpha value is -3.10. The van der Waals surface area contributed by atoms with Crippen molar-refractivity contribution < 1.29 is 0 Å². The van der Waals surface area contributed by atoms with Gasteiger partial charge in [-0.1, -0.05) is 45.9 Å². The van der Waals surface area contributed by atoms with Crippen LogP contribution in [0.3, 0.4) is 0 Å². The Kier molecular flexibility index (Phi) is 9.59. The fourth-order valence-electron chi connectivity index (χ4n) is 3.42. The maximum Gasteiger partial charge on any atom is 0.128 e. The lowest BCUT2D eigenvalue weighted by molar-refractivity contribution is 0.798. The quantitative estimate of drug-likeness (QED) is 0.184. The van der Waals surface area contributed by atoms with Crippen molar-refractivity contribution in [1.82, 2.24) is 19.9 Å². The molecule has 0 atom stereocenters. The largest absolute Gasteiger partial charge is 0.350 e. The molecule has 4 aromatic heterocycles. The van der Waals surface area contributed by atoms with E-state index in [4.69, 9.17) is 0 Å². The lowest BCUT2D eigenvalue weighted by Crippen LogP contribution is -2.27. The molecule has 174 valence electrons. The van der Waals surface area contributed by atoms with Crippen molar-refractivity contribution in [3.8, 4) is 0 Å². The van der Waals surface area contributed by atoms with E-state index in [-0.39, 0.29) is 0 Å². The maximum atomic E-state index is 4.55. The van der Waals surface area contributed by atoms with Crippen molar-refractivity contribution in [2.24, 2.45) is 0 Å². The third kappa shape index (κ3) is 7.74. The topological polar surface area (TPSA) is 58.0 Å². The Morgan fingerprint density at radius 3 is 1.26 bits per heavy atom. The SMILES string of the molecule is c1ccc(CN(CCSSCCN(Cc2ccccn2)c2ccccn2)c2ccccn2)nc1. The summed E-state index contributed by atoms with van der Waals surface area (Å²) in [7, 11) is 3.79. The fourth-order valence-corrected chi connectivity index (χ4v) is 5.40. The first kappa shape index (κ1) is 24.0. The van der Waals surface area contributed by atoms with Gasteiger partial charge in [-0.2, -0.15) is 0 Å². The highest BCUT2D eigenvalue weighted by Crippen LogP contribution is 2.24. The van der Waals surface area contributed by atoms with Gasteiger partial charge in [0.1, 0.15) is 11.6 Å². The van der Waals surface area contributed by atoms with E-state index in [0.717, 1.165) is 60.7 Å². The molecule has 0 aliphatic heterocycles. The van der Waals surface area contributed by atoms with E-state index in [1.807, 2.05) is 94.9 Å². The molecule has 6 nitrogen and oxygen atoms in total. The van der Waals surface area contributed by atoms with Gasteiger partial charge in [-0.25, -0.2) is 9.97 Å². The van der Waals surface area contributed by atoms with Crippen LogP contribution in [0.15, 0.2) is 97.6 Å². The van der Waals surface area contributed by atoms with Crippen molar-refractivity contribution in [1.29, 1.82) is 0 Å². The van der Waals surface area contributed by atoms with Gasteiger partial charge >= 0.3 is 0 Å². The first-order chi connectivity index (χ1) is 16.9. The molecule has 0 aliphatic carbocycles. The van der Waals surface area contributed by atoms with Gasteiger partial charge in [0.2, 0.25) is 0 Å². The van der Waals surface area contributed by atoms with E-state index in [1.54, 1.807) is 0 Å². The van der Waals surface area contributed by atoms with Crippen LogP contribution in [0, 0.1) is 0 Å². The van der Waals surface area contributed by atoms with Crippen molar-refractivity contribution in [2.45, 2.75) is 13.1 Å². The van der Waals surface area contributed by atoms with Crippen LogP contribution >= 0.6 is 21.6 Å². The van der Waals surface area contributed by atoms with Gasteiger partial charge in [-0.15, -0.1) is 0 Å². The molecule has 8 heteroatoms. The normalized spacial score (nSPS) is 10.7. The highest BCUT2D eigenvalue weighted by Gasteiger charge is 2.11. The van der Waals surface area contributed by atoms with Crippen LogP contribution in [0.1, 0.15) is 11.4 Å². The predicted octanol–water partition coefficient (Wildman–Crippen LogP) is 5.36. The number of nitrogens with zero attached hydrogens (tertiary/aromatic N) is 6. The summed E-state index contributed by atoms with van der Waals surface area (Å²) < 4.78 is 0. The van der Waals surface area contributed by atoms with Crippen LogP contribution in [-0.2, 0) is 13.1 Å². The molecular formula is C26H28N6S2. The molecule has 0 bridgehead atoms. The molecule has 0 spiro atoms. The third-order valence-electron chi connectivity index (χ3n) is 5.08. The summed E-state index contributed by atoms with van der Waals surface area (Å²) in [5, 5.41) is 0. The van der Waals surface area contributed by atoms with Crippen molar-refractivity contribution >= 4 is 33.2 Å². The second-order valence-corrected chi connectivity index (χ2v) is 10.2. The lowest BCUT2D eigenvalue weighted by Gasteiger charge is -2.24. The van der Waals surface area contributed by atoms with Gasteiger partial charge in [0, 0.05) is 49.4 Å². The molecule has 0 unspecified atom stereocenters. The molecule has 0 saturated carbocycles. The highest BCUT2D eigenvalue weighted by molar-refractivity contribution is 8.76.